The Hall–Kier alpha value is -2.31. The van der Waals surface area contributed by atoms with Crippen LogP contribution < -0.4 is 10.6 Å². The number of anilines is 3. The first-order valence-corrected chi connectivity index (χ1v) is 6.58. The van der Waals surface area contributed by atoms with Crippen LogP contribution in [0, 0.1) is 17.5 Å². The molecule has 0 fully saturated rings. The minimum Gasteiger partial charge on any atom is -0.370 e. The Morgan fingerprint density at radius 1 is 1.05 bits per heavy atom. The van der Waals surface area contributed by atoms with Gasteiger partial charge in [-0.3, -0.25) is 0 Å². The lowest BCUT2D eigenvalue weighted by atomic mass is 10.2. The van der Waals surface area contributed by atoms with Gasteiger partial charge in [0, 0.05) is 12.6 Å². The van der Waals surface area contributed by atoms with Gasteiger partial charge in [0.15, 0.2) is 17.5 Å². The van der Waals surface area contributed by atoms with Gasteiger partial charge in [0.1, 0.15) is 18.0 Å². The second-order valence-corrected chi connectivity index (χ2v) is 4.42. The zero-order chi connectivity index (χ0) is 15.2. The van der Waals surface area contributed by atoms with E-state index in [1.54, 1.807) is 6.07 Å². The van der Waals surface area contributed by atoms with E-state index in [9.17, 15) is 13.2 Å². The lowest BCUT2D eigenvalue weighted by Gasteiger charge is -2.09. The molecule has 7 heteroatoms. The topological polar surface area (TPSA) is 49.8 Å². The molecule has 1 heterocycles. The fraction of sp³-hybridized carbons (Fsp3) is 0.286. The van der Waals surface area contributed by atoms with Crippen molar-refractivity contribution in [1.82, 2.24) is 9.97 Å². The van der Waals surface area contributed by atoms with Crippen molar-refractivity contribution in [2.24, 2.45) is 0 Å². The molecule has 0 saturated heterocycles. The smallest absolute Gasteiger partial charge is 0.196 e. The van der Waals surface area contributed by atoms with Crippen LogP contribution in [0.2, 0.25) is 0 Å². The summed E-state index contributed by atoms with van der Waals surface area (Å²) in [6.45, 7) is 2.83. The van der Waals surface area contributed by atoms with E-state index in [2.05, 4.69) is 27.5 Å². The van der Waals surface area contributed by atoms with Gasteiger partial charge >= 0.3 is 0 Å². The second kappa shape index (κ2) is 6.92. The average molecular weight is 296 g/mol. The van der Waals surface area contributed by atoms with E-state index in [1.807, 2.05) is 0 Å². The maximum atomic E-state index is 13.6. The summed E-state index contributed by atoms with van der Waals surface area (Å²) in [7, 11) is 0. The molecule has 0 amide bonds. The summed E-state index contributed by atoms with van der Waals surface area (Å²) in [4.78, 5) is 7.93. The van der Waals surface area contributed by atoms with Crippen LogP contribution in [0.25, 0.3) is 0 Å². The van der Waals surface area contributed by atoms with Crippen LogP contribution in [0.5, 0.6) is 0 Å². The summed E-state index contributed by atoms with van der Waals surface area (Å²) < 4.78 is 39.6. The molecule has 2 N–H and O–H groups in total. The zero-order valence-electron chi connectivity index (χ0n) is 11.5. The highest BCUT2D eigenvalue weighted by atomic mass is 19.2. The van der Waals surface area contributed by atoms with Gasteiger partial charge < -0.3 is 10.6 Å². The van der Waals surface area contributed by atoms with Gasteiger partial charge in [-0.2, -0.15) is 0 Å². The first-order chi connectivity index (χ1) is 10.1. The molecule has 1 aromatic heterocycles. The Bertz CT molecular complexity index is 619. The third-order valence-corrected chi connectivity index (χ3v) is 2.80. The first kappa shape index (κ1) is 15.1. The standard InChI is InChI=1S/C14H15F3N4/c1-2-3-6-18-11-7-12(20-8-19-11)21-10-5-4-9(15)13(16)14(10)17/h4-5,7-8H,2-3,6H2,1H3,(H2,18,19,20,21). The molecule has 2 rings (SSSR count). The quantitative estimate of drug-likeness (QED) is 0.628. The number of hydrogen-bond acceptors (Lipinski definition) is 4. The number of benzene rings is 1. The number of hydrogen-bond donors (Lipinski definition) is 2. The normalized spacial score (nSPS) is 10.5. The Kier molecular flexibility index (Phi) is 4.97. The van der Waals surface area contributed by atoms with Gasteiger partial charge in [-0.1, -0.05) is 13.3 Å². The number of nitrogens with zero attached hydrogens (tertiary/aromatic N) is 2. The molecule has 1 aromatic carbocycles. The van der Waals surface area contributed by atoms with Crippen molar-refractivity contribution in [3.05, 3.63) is 42.0 Å². The van der Waals surface area contributed by atoms with Crippen LogP contribution in [0.3, 0.4) is 0 Å². The summed E-state index contributed by atoms with van der Waals surface area (Å²) in [6.07, 6.45) is 3.34. The third-order valence-electron chi connectivity index (χ3n) is 2.80. The van der Waals surface area contributed by atoms with Crippen molar-refractivity contribution < 1.29 is 13.2 Å². The van der Waals surface area contributed by atoms with Crippen LogP contribution in [0.15, 0.2) is 24.5 Å². The molecule has 112 valence electrons. The molecule has 0 aliphatic carbocycles. The van der Waals surface area contributed by atoms with E-state index < -0.39 is 17.5 Å². The molecule has 0 saturated carbocycles. The van der Waals surface area contributed by atoms with Gasteiger partial charge in [-0.15, -0.1) is 0 Å². The van der Waals surface area contributed by atoms with E-state index >= 15 is 0 Å². The Morgan fingerprint density at radius 2 is 1.81 bits per heavy atom. The molecule has 0 radical (unpaired) electrons. The lowest BCUT2D eigenvalue weighted by molar-refractivity contribution is 0.449. The van der Waals surface area contributed by atoms with Gasteiger partial charge in [-0.05, 0) is 18.6 Å². The maximum absolute atomic E-state index is 13.6. The van der Waals surface area contributed by atoms with Crippen LogP contribution in [-0.4, -0.2) is 16.5 Å². The number of halogens is 3. The molecular weight excluding hydrogens is 281 g/mol. The molecule has 4 nitrogen and oxygen atoms in total. The largest absolute Gasteiger partial charge is 0.370 e. The predicted molar refractivity (Wildman–Crippen MR) is 75.0 cm³/mol. The Labute approximate surface area is 120 Å². The van der Waals surface area contributed by atoms with Crippen molar-refractivity contribution in [2.45, 2.75) is 19.8 Å². The molecule has 2 aromatic rings. The van der Waals surface area contributed by atoms with Crippen molar-refractivity contribution in [3.63, 3.8) is 0 Å². The molecule has 0 aliphatic rings. The van der Waals surface area contributed by atoms with Gasteiger partial charge in [0.25, 0.3) is 0 Å². The maximum Gasteiger partial charge on any atom is 0.196 e. The SMILES string of the molecule is CCCCNc1cc(Nc2ccc(F)c(F)c2F)ncn1. The molecule has 0 spiro atoms. The minimum absolute atomic E-state index is 0.188. The number of rotatable bonds is 6. The minimum atomic E-state index is -1.52. The van der Waals surface area contributed by atoms with Crippen LogP contribution >= 0.6 is 0 Å². The molecule has 0 atom stereocenters. The van der Waals surface area contributed by atoms with Crippen molar-refractivity contribution in [2.75, 3.05) is 17.2 Å². The zero-order valence-corrected chi connectivity index (χ0v) is 11.5. The fourth-order valence-electron chi connectivity index (χ4n) is 1.68. The van der Waals surface area contributed by atoms with E-state index in [4.69, 9.17) is 0 Å². The monoisotopic (exact) mass is 296 g/mol. The number of unbranched alkanes of at least 4 members (excludes halogenated alkanes) is 1. The Balaban J connectivity index is 2.13. The summed E-state index contributed by atoms with van der Waals surface area (Å²) in [6, 6.07) is 3.53. The third kappa shape index (κ3) is 3.84. The molecule has 0 unspecified atom stereocenters. The molecule has 0 bridgehead atoms. The summed E-state index contributed by atoms with van der Waals surface area (Å²) in [5, 5.41) is 5.69. The average Bonchev–Trinajstić information content (AvgIpc) is 2.49. The van der Waals surface area contributed by atoms with Crippen molar-refractivity contribution in [3.8, 4) is 0 Å². The molecular formula is C14H15F3N4. The van der Waals surface area contributed by atoms with Gasteiger partial charge in [0.2, 0.25) is 0 Å². The van der Waals surface area contributed by atoms with E-state index in [-0.39, 0.29) is 11.5 Å². The van der Waals surface area contributed by atoms with E-state index in [0.29, 0.717) is 5.82 Å². The lowest BCUT2D eigenvalue weighted by Crippen LogP contribution is -2.05. The Morgan fingerprint density at radius 3 is 2.57 bits per heavy atom. The number of nitrogens with one attached hydrogen (secondary N) is 2. The van der Waals surface area contributed by atoms with Crippen molar-refractivity contribution >= 4 is 17.3 Å². The van der Waals surface area contributed by atoms with E-state index in [0.717, 1.165) is 31.5 Å². The highest BCUT2D eigenvalue weighted by molar-refractivity contribution is 5.59. The second-order valence-electron chi connectivity index (χ2n) is 4.42. The van der Waals surface area contributed by atoms with Crippen molar-refractivity contribution in [1.29, 1.82) is 0 Å². The van der Waals surface area contributed by atoms with Crippen LogP contribution in [0.4, 0.5) is 30.5 Å². The predicted octanol–water partition coefficient (Wildman–Crippen LogP) is 3.85. The molecule has 21 heavy (non-hydrogen) atoms. The highest BCUT2D eigenvalue weighted by Crippen LogP contribution is 2.23. The van der Waals surface area contributed by atoms with Gasteiger partial charge in [0.05, 0.1) is 5.69 Å². The first-order valence-electron chi connectivity index (χ1n) is 6.58. The fourth-order valence-corrected chi connectivity index (χ4v) is 1.68. The van der Waals surface area contributed by atoms with Gasteiger partial charge in [-0.25, -0.2) is 23.1 Å². The van der Waals surface area contributed by atoms with E-state index in [1.165, 1.54) is 6.33 Å². The summed E-state index contributed by atoms with van der Waals surface area (Å²) >= 11 is 0. The number of aromatic nitrogens is 2. The van der Waals surface area contributed by atoms with Crippen LogP contribution in [0.1, 0.15) is 19.8 Å². The highest BCUT2D eigenvalue weighted by Gasteiger charge is 2.13. The molecule has 0 aliphatic heterocycles. The summed E-state index contributed by atoms with van der Waals surface area (Å²) in [5.74, 6) is -3.18. The summed E-state index contributed by atoms with van der Waals surface area (Å²) in [5.41, 5.74) is -0.188. The van der Waals surface area contributed by atoms with Crippen LogP contribution in [-0.2, 0) is 0 Å².